The van der Waals surface area contributed by atoms with E-state index in [0.717, 1.165) is 22.4 Å². The van der Waals surface area contributed by atoms with Crippen LogP contribution in [0.1, 0.15) is 11.9 Å². The molecule has 1 N–H and O–H groups in total. The first kappa shape index (κ1) is 16.5. The third-order valence-corrected chi connectivity index (χ3v) is 4.17. The van der Waals surface area contributed by atoms with E-state index in [0.29, 0.717) is 18.4 Å². The number of hydrogen-bond acceptors (Lipinski definition) is 5. The zero-order valence-corrected chi connectivity index (χ0v) is 14.0. The van der Waals surface area contributed by atoms with Crippen LogP contribution in [-0.2, 0) is 9.47 Å². The van der Waals surface area contributed by atoms with Gasteiger partial charge in [0.1, 0.15) is 0 Å². The molecule has 2 aromatic carbocycles. The van der Waals surface area contributed by atoms with E-state index in [2.05, 4.69) is 22.4 Å². The summed E-state index contributed by atoms with van der Waals surface area (Å²) in [5, 5.41) is 11.8. The molecule has 0 bridgehead atoms. The second-order valence-electron chi connectivity index (χ2n) is 5.10. The van der Waals surface area contributed by atoms with E-state index < -0.39 is 0 Å². The Hall–Kier alpha value is -2.33. The van der Waals surface area contributed by atoms with Gasteiger partial charge in [-0.15, -0.1) is 0 Å². The van der Waals surface area contributed by atoms with Crippen LogP contribution in [0.25, 0.3) is 11.1 Å². The summed E-state index contributed by atoms with van der Waals surface area (Å²) >= 11 is 1.40. The molecule has 6 heteroatoms. The Kier molecular flexibility index (Phi) is 5.49. The Labute approximate surface area is 145 Å². The van der Waals surface area contributed by atoms with Crippen molar-refractivity contribution in [3.05, 3.63) is 54.1 Å². The van der Waals surface area contributed by atoms with Crippen molar-refractivity contribution < 1.29 is 9.47 Å². The molecule has 1 saturated heterocycles. The lowest BCUT2D eigenvalue weighted by Crippen LogP contribution is -2.12. The number of amidine groups is 1. The van der Waals surface area contributed by atoms with E-state index in [4.69, 9.17) is 14.7 Å². The SMILES string of the molecule is CSC(=Nc1ccc(-c2ccc(C3OCCO3)cc2)cc1)NC#N. The normalized spacial score (nSPS) is 15.2. The number of rotatable bonds is 3. The Morgan fingerprint density at radius 2 is 1.67 bits per heavy atom. The van der Waals surface area contributed by atoms with Crippen LogP contribution in [0.2, 0.25) is 0 Å². The maximum atomic E-state index is 8.67. The summed E-state index contributed by atoms with van der Waals surface area (Å²) in [5.74, 6) is 0. The first-order valence-corrected chi connectivity index (χ1v) is 8.74. The molecule has 0 saturated carbocycles. The van der Waals surface area contributed by atoms with E-state index >= 15 is 0 Å². The number of nitrogens with one attached hydrogen (secondary N) is 1. The summed E-state index contributed by atoms with van der Waals surface area (Å²) < 4.78 is 11.0. The highest BCUT2D eigenvalue weighted by Crippen LogP contribution is 2.27. The summed E-state index contributed by atoms with van der Waals surface area (Å²) in [4.78, 5) is 4.38. The van der Waals surface area contributed by atoms with Gasteiger partial charge < -0.3 is 9.47 Å². The van der Waals surface area contributed by atoms with E-state index in [1.807, 2.05) is 48.8 Å². The number of ether oxygens (including phenoxy) is 2. The molecule has 0 aliphatic carbocycles. The maximum absolute atomic E-state index is 8.67. The number of aliphatic imine (C=N–C) groups is 1. The van der Waals surface area contributed by atoms with Gasteiger partial charge in [-0.05, 0) is 29.5 Å². The monoisotopic (exact) mass is 339 g/mol. The first-order valence-electron chi connectivity index (χ1n) is 7.51. The predicted molar refractivity (Wildman–Crippen MR) is 95.9 cm³/mol. The molecule has 2 aromatic rings. The topological polar surface area (TPSA) is 66.6 Å². The number of nitriles is 1. The van der Waals surface area contributed by atoms with Crippen LogP contribution >= 0.6 is 11.8 Å². The first-order chi connectivity index (χ1) is 11.8. The third kappa shape index (κ3) is 3.95. The third-order valence-electron chi connectivity index (χ3n) is 3.59. The van der Waals surface area contributed by atoms with E-state index in [1.165, 1.54) is 11.8 Å². The molecule has 1 heterocycles. The molecular formula is C18H17N3O2S. The molecule has 24 heavy (non-hydrogen) atoms. The van der Waals surface area contributed by atoms with Gasteiger partial charge in [-0.1, -0.05) is 48.2 Å². The zero-order chi connectivity index (χ0) is 16.8. The molecule has 0 radical (unpaired) electrons. The highest BCUT2D eigenvalue weighted by Gasteiger charge is 2.17. The van der Waals surface area contributed by atoms with Crippen molar-refractivity contribution in [3.8, 4) is 17.3 Å². The van der Waals surface area contributed by atoms with Gasteiger partial charge in [-0.25, -0.2) is 4.99 Å². The number of benzene rings is 2. The Balaban J connectivity index is 1.74. The van der Waals surface area contributed by atoms with Crippen molar-refractivity contribution in [2.45, 2.75) is 6.29 Å². The molecular weight excluding hydrogens is 322 g/mol. The molecule has 0 unspecified atom stereocenters. The van der Waals surface area contributed by atoms with Gasteiger partial charge >= 0.3 is 0 Å². The van der Waals surface area contributed by atoms with Crippen molar-refractivity contribution in [1.29, 1.82) is 5.26 Å². The van der Waals surface area contributed by atoms with Crippen molar-refractivity contribution >= 4 is 22.6 Å². The predicted octanol–water partition coefficient (Wildman–Crippen LogP) is 3.82. The quantitative estimate of drug-likeness (QED) is 0.398. The Morgan fingerprint density at radius 3 is 2.21 bits per heavy atom. The Bertz CT molecular complexity index is 745. The summed E-state index contributed by atoms with van der Waals surface area (Å²) in [7, 11) is 0. The van der Waals surface area contributed by atoms with Crippen LogP contribution in [0.5, 0.6) is 0 Å². The summed E-state index contributed by atoms with van der Waals surface area (Å²) in [6.45, 7) is 1.29. The number of nitrogens with zero attached hydrogens (tertiary/aromatic N) is 2. The minimum atomic E-state index is -0.242. The fraction of sp³-hybridized carbons (Fsp3) is 0.222. The molecule has 0 aromatic heterocycles. The highest BCUT2D eigenvalue weighted by atomic mass is 32.2. The smallest absolute Gasteiger partial charge is 0.184 e. The average Bonchev–Trinajstić information content (AvgIpc) is 3.17. The summed E-state index contributed by atoms with van der Waals surface area (Å²) in [5.41, 5.74) is 4.06. The highest BCUT2D eigenvalue weighted by molar-refractivity contribution is 8.13. The van der Waals surface area contributed by atoms with Gasteiger partial charge in [0.2, 0.25) is 0 Å². The van der Waals surface area contributed by atoms with E-state index in [9.17, 15) is 0 Å². The zero-order valence-electron chi connectivity index (χ0n) is 13.2. The van der Waals surface area contributed by atoms with Gasteiger partial charge in [0.05, 0.1) is 18.9 Å². The number of thioether (sulfide) groups is 1. The number of hydrogen-bond donors (Lipinski definition) is 1. The molecule has 5 nitrogen and oxygen atoms in total. The summed E-state index contributed by atoms with van der Waals surface area (Å²) in [6, 6.07) is 16.1. The molecule has 0 spiro atoms. The molecule has 1 aliphatic heterocycles. The van der Waals surface area contributed by atoms with Crippen molar-refractivity contribution in [1.82, 2.24) is 5.32 Å². The average molecular weight is 339 g/mol. The fourth-order valence-electron chi connectivity index (χ4n) is 2.40. The fourth-order valence-corrected chi connectivity index (χ4v) is 2.75. The molecule has 1 fully saturated rings. The lowest BCUT2D eigenvalue weighted by atomic mass is 10.0. The van der Waals surface area contributed by atoms with Gasteiger partial charge in [-0.2, -0.15) is 5.26 Å². The van der Waals surface area contributed by atoms with Crippen LogP contribution < -0.4 is 5.32 Å². The Morgan fingerprint density at radius 1 is 1.08 bits per heavy atom. The minimum absolute atomic E-state index is 0.242. The van der Waals surface area contributed by atoms with Crippen LogP contribution in [0.15, 0.2) is 53.5 Å². The molecule has 1 aliphatic rings. The maximum Gasteiger partial charge on any atom is 0.184 e. The van der Waals surface area contributed by atoms with Crippen LogP contribution in [0, 0.1) is 11.5 Å². The molecule has 0 atom stereocenters. The summed E-state index contributed by atoms with van der Waals surface area (Å²) in [6.07, 6.45) is 3.51. The van der Waals surface area contributed by atoms with Crippen molar-refractivity contribution in [2.75, 3.05) is 19.5 Å². The van der Waals surface area contributed by atoms with Crippen molar-refractivity contribution in [3.63, 3.8) is 0 Å². The van der Waals surface area contributed by atoms with E-state index in [1.54, 1.807) is 0 Å². The van der Waals surface area contributed by atoms with Crippen LogP contribution in [0.3, 0.4) is 0 Å². The van der Waals surface area contributed by atoms with E-state index in [-0.39, 0.29) is 6.29 Å². The van der Waals surface area contributed by atoms with Crippen LogP contribution in [-0.4, -0.2) is 24.6 Å². The standard InChI is InChI=1S/C18H17N3O2S/c1-24-18(20-12-19)21-16-8-6-14(7-9-16)13-2-4-15(5-3-13)17-22-10-11-23-17/h2-9,17H,10-11H2,1H3,(H,20,21). The van der Waals surface area contributed by atoms with Gasteiger partial charge in [0.15, 0.2) is 17.7 Å². The van der Waals surface area contributed by atoms with Gasteiger partial charge in [0, 0.05) is 5.56 Å². The molecule has 3 rings (SSSR count). The second-order valence-corrected chi connectivity index (χ2v) is 5.90. The lowest BCUT2D eigenvalue weighted by Gasteiger charge is -2.10. The molecule has 0 amide bonds. The van der Waals surface area contributed by atoms with Crippen LogP contribution in [0.4, 0.5) is 5.69 Å². The minimum Gasteiger partial charge on any atom is -0.346 e. The largest absolute Gasteiger partial charge is 0.346 e. The van der Waals surface area contributed by atoms with Gasteiger partial charge in [-0.3, -0.25) is 5.32 Å². The van der Waals surface area contributed by atoms with Gasteiger partial charge in [0.25, 0.3) is 0 Å². The molecule has 122 valence electrons. The lowest BCUT2D eigenvalue weighted by molar-refractivity contribution is -0.0441. The second kappa shape index (κ2) is 7.97. The van der Waals surface area contributed by atoms with Crippen molar-refractivity contribution in [2.24, 2.45) is 4.99 Å².